The van der Waals surface area contributed by atoms with Gasteiger partial charge in [-0.15, -0.1) is 0 Å². The number of hydrogen-bond acceptors (Lipinski definition) is 5. The minimum absolute atomic E-state index is 0.0925. The number of rotatable bonds is 3. The predicted octanol–water partition coefficient (Wildman–Crippen LogP) is 1.16. The van der Waals surface area contributed by atoms with Crippen LogP contribution >= 0.6 is 0 Å². The van der Waals surface area contributed by atoms with E-state index >= 15 is 0 Å². The van der Waals surface area contributed by atoms with Gasteiger partial charge in [-0.1, -0.05) is 6.07 Å². The highest BCUT2D eigenvalue weighted by molar-refractivity contribution is 5.73. The number of benzene rings is 1. The number of ether oxygens (including phenoxy) is 2. The maximum Gasteiger partial charge on any atom is 0.348 e. The van der Waals surface area contributed by atoms with E-state index in [1.807, 2.05) is 0 Å². The van der Waals surface area contributed by atoms with Gasteiger partial charge in [0.15, 0.2) is 11.5 Å². The number of carboxylic acids is 1. The second kappa shape index (κ2) is 4.74. The average Bonchev–Trinajstić information content (AvgIpc) is 2.35. The number of hydrogen-bond donors (Lipinski definition) is 1. The van der Waals surface area contributed by atoms with Crippen molar-refractivity contribution in [2.24, 2.45) is 0 Å². The van der Waals surface area contributed by atoms with E-state index in [9.17, 15) is 14.9 Å². The Labute approximate surface area is 101 Å². The first-order valence-corrected chi connectivity index (χ1v) is 5.04. The summed E-state index contributed by atoms with van der Waals surface area (Å²) in [5.74, 6) is -0.414. The number of carbonyl (C=O) groups is 1. The highest BCUT2D eigenvalue weighted by Gasteiger charge is 2.26. The molecule has 1 atom stereocenters. The lowest BCUT2D eigenvalue weighted by molar-refractivity contribution is -0.400. The molecule has 0 fully saturated rings. The Hall–Kier alpha value is -2.57. The Kier molecular flexibility index (Phi) is 3.13. The maximum atomic E-state index is 10.7. The molecule has 1 aromatic rings. The Morgan fingerprint density at radius 1 is 1.50 bits per heavy atom. The van der Waals surface area contributed by atoms with Crippen LogP contribution in [0.4, 0.5) is 0 Å². The van der Waals surface area contributed by atoms with Crippen molar-refractivity contribution in [1.82, 2.24) is 0 Å². The lowest BCUT2D eigenvalue weighted by atomic mass is 10.2. The van der Waals surface area contributed by atoms with Gasteiger partial charge in [0.25, 0.3) is 0 Å². The van der Waals surface area contributed by atoms with E-state index in [1.165, 1.54) is 12.1 Å². The van der Waals surface area contributed by atoms with E-state index in [1.54, 1.807) is 12.1 Å². The third-order valence-corrected chi connectivity index (χ3v) is 2.29. The van der Waals surface area contributed by atoms with E-state index in [0.29, 0.717) is 17.1 Å². The number of fused-ring (bicyclic) bond motifs is 1. The zero-order valence-corrected chi connectivity index (χ0v) is 9.11. The summed E-state index contributed by atoms with van der Waals surface area (Å²) in [6, 6.07) is 4.64. The van der Waals surface area contributed by atoms with Crippen LogP contribution in [0, 0.1) is 10.1 Å². The fraction of sp³-hybridized carbons (Fsp3) is 0.182. The van der Waals surface area contributed by atoms with Crippen LogP contribution < -0.4 is 9.47 Å². The molecule has 0 aromatic heterocycles. The molecule has 18 heavy (non-hydrogen) atoms. The molecular weight excluding hydrogens is 242 g/mol. The van der Waals surface area contributed by atoms with E-state index in [2.05, 4.69) is 0 Å². The second-order valence-electron chi connectivity index (χ2n) is 3.56. The van der Waals surface area contributed by atoms with Crippen LogP contribution in [0.25, 0.3) is 6.08 Å². The quantitative estimate of drug-likeness (QED) is 0.639. The fourth-order valence-electron chi connectivity index (χ4n) is 1.46. The van der Waals surface area contributed by atoms with Gasteiger partial charge in [0.05, 0.1) is 4.92 Å². The van der Waals surface area contributed by atoms with E-state index in [4.69, 9.17) is 14.6 Å². The molecular formula is C11H9NO6. The Morgan fingerprint density at radius 2 is 2.28 bits per heavy atom. The molecule has 0 radical (unpaired) electrons. The number of nitro groups is 1. The third kappa shape index (κ3) is 2.57. The van der Waals surface area contributed by atoms with Gasteiger partial charge in [0.1, 0.15) is 6.61 Å². The first kappa shape index (κ1) is 11.9. The standard InChI is InChI=1S/C11H9NO6/c13-11(14)10-6-17-9-5-7(3-4-12(15)16)1-2-8(9)18-10/h1-5,10H,6H2,(H,13,14)/b4-3+. The van der Waals surface area contributed by atoms with Crippen molar-refractivity contribution in [3.8, 4) is 11.5 Å². The van der Waals surface area contributed by atoms with Gasteiger partial charge < -0.3 is 14.6 Å². The molecule has 0 aliphatic carbocycles. The molecule has 7 heteroatoms. The summed E-state index contributed by atoms with van der Waals surface area (Å²) in [5.41, 5.74) is 0.572. The highest BCUT2D eigenvalue weighted by Crippen LogP contribution is 2.32. The average molecular weight is 251 g/mol. The summed E-state index contributed by atoms with van der Waals surface area (Å²) in [6.45, 7) is -0.0925. The summed E-state index contributed by atoms with van der Waals surface area (Å²) in [6.07, 6.45) is 1.09. The first-order valence-electron chi connectivity index (χ1n) is 5.04. The van der Waals surface area contributed by atoms with Crippen molar-refractivity contribution in [3.05, 3.63) is 40.1 Å². The summed E-state index contributed by atoms with van der Waals surface area (Å²) in [7, 11) is 0. The third-order valence-electron chi connectivity index (χ3n) is 2.29. The molecule has 1 N–H and O–H groups in total. The van der Waals surface area contributed by atoms with Crippen molar-refractivity contribution in [1.29, 1.82) is 0 Å². The van der Waals surface area contributed by atoms with E-state index in [-0.39, 0.29) is 6.61 Å². The van der Waals surface area contributed by atoms with Crippen LogP contribution in [0.1, 0.15) is 5.56 Å². The van der Waals surface area contributed by atoms with Gasteiger partial charge in [0.2, 0.25) is 12.3 Å². The lowest BCUT2D eigenvalue weighted by Gasteiger charge is -2.23. The van der Waals surface area contributed by atoms with Gasteiger partial charge in [0, 0.05) is 6.08 Å². The molecule has 1 aliphatic heterocycles. The normalized spacial score (nSPS) is 17.7. The molecule has 0 saturated carbocycles. The SMILES string of the molecule is O=C(O)C1COc2cc(/C=C/[N+](=O)[O-])ccc2O1. The van der Waals surface area contributed by atoms with Crippen LogP contribution in [0.5, 0.6) is 11.5 Å². The van der Waals surface area contributed by atoms with Crippen LogP contribution in [-0.2, 0) is 4.79 Å². The van der Waals surface area contributed by atoms with Crippen LogP contribution in [0.3, 0.4) is 0 Å². The molecule has 0 spiro atoms. The molecule has 0 saturated heterocycles. The molecule has 7 nitrogen and oxygen atoms in total. The summed E-state index contributed by atoms with van der Waals surface area (Å²) < 4.78 is 10.4. The van der Waals surface area contributed by atoms with Gasteiger partial charge in [-0.05, 0) is 17.7 Å². The molecule has 1 heterocycles. The topological polar surface area (TPSA) is 98.9 Å². The number of nitrogens with zero attached hydrogens (tertiary/aromatic N) is 1. The molecule has 0 amide bonds. The molecule has 1 unspecified atom stereocenters. The monoisotopic (exact) mass is 251 g/mol. The zero-order valence-electron chi connectivity index (χ0n) is 9.11. The molecule has 1 aliphatic rings. The second-order valence-corrected chi connectivity index (χ2v) is 3.56. The summed E-state index contributed by atoms with van der Waals surface area (Å²) in [4.78, 5) is 20.3. The van der Waals surface area contributed by atoms with Crippen molar-refractivity contribution in [3.63, 3.8) is 0 Å². The van der Waals surface area contributed by atoms with Gasteiger partial charge in [-0.25, -0.2) is 4.79 Å². The van der Waals surface area contributed by atoms with Crippen molar-refractivity contribution in [2.75, 3.05) is 6.61 Å². The van der Waals surface area contributed by atoms with Crippen molar-refractivity contribution in [2.45, 2.75) is 6.10 Å². The zero-order chi connectivity index (χ0) is 13.1. The Morgan fingerprint density at radius 3 is 2.94 bits per heavy atom. The van der Waals surface area contributed by atoms with Crippen molar-refractivity contribution >= 4 is 12.0 Å². The fourth-order valence-corrected chi connectivity index (χ4v) is 1.46. The summed E-state index contributed by atoms with van der Waals surface area (Å²) in [5, 5.41) is 18.9. The smallest absolute Gasteiger partial charge is 0.348 e. The van der Waals surface area contributed by atoms with E-state index < -0.39 is 17.0 Å². The largest absolute Gasteiger partial charge is 0.485 e. The predicted molar refractivity (Wildman–Crippen MR) is 60.0 cm³/mol. The molecule has 94 valence electrons. The van der Waals surface area contributed by atoms with Crippen LogP contribution in [0.2, 0.25) is 0 Å². The first-order chi connectivity index (χ1) is 8.56. The van der Waals surface area contributed by atoms with Crippen molar-refractivity contribution < 1.29 is 24.3 Å². The molecule has 2 rings (SSSR count). The van der Waals surface area contributed by atoms with Crippen LogP contribution in [-0.4, -0.2) is 28.7 Å². The highest BCUT2D eigenvalue weighted by atomic mass is 16.6. The molecule has 0 bridgehead atoms. The number of carboxylic acid groups (broad SMARTS) is 1. The lowest BCUT2D eigenvalue weighted by Crippen LogP contribution is -2.36. The summed E-state index contributed by atoms with van der Waals surface area (Å²) >= 11 is 0. The minimum atomic E-state index is -1.10. The van der Waals surface area contributed by atoms with Gasteiger partial charge in [-0.2, -0.15) is 0 Å². The Balaban J connectivity index is 2.20. The Bertz CT molecular complexity index is 524. The van der Waals surface area contributed by atoms with E-state index in [0.717, 1.165) is 6.20 Å². The van der Waals surface area contributed by atoms with Gasteiger partial charge in [-0.3, -0.25) is 10.1 Å². The minimum Gasteiger partial charge on any atom is -0.485 e. The maximum absolute atomic E-state index is 10.7. The van der Waals surface area contributed by atoms with Gasteiger partial charge >= 0.3 is 5.97 Å². The van der Waals surface area contributed by atoms with Crippen LogP contribution in [0.15, 0.2) is 24.4 Å². The number of aliphatic carboxylic acids is 1. The molecule has 1 aromatic carbocycles.